The predicted molar refractivity (Wildman–Crippen MR) is 114 cm³/mol. The van der Waals surface area contributed by atoms with Crippen LogP contribution in [-0.2, 0) is 22.6 Å². The molecule has 0 unspecified atom stereocenters. The molecule has 0 atom stereocenters. The maximum Gasteiger partial charge on any atom is 0.353 e. The van der Waals surface area contributed by atoms with E-state index < -0.39 is 29.7 Å². The number of benzene rings is 1. The van der Waals surface area contributed by atoms with Crippen LogP contribution in [0.15, 0.2) is 30.3 Å². The van der Waals surface area contributed by atoms with Crippen molar-refractivity contribution >= 4 is 29.2 Å². The fourth-order valence-electron chi connectivity index (χ4n) is 2.99. The topological polar surface area (TPSA) is 122 Å². The van der Waals surface area contributed by atoms with Gasteiger partial charge in [-0.2, -0.15) is 0 Å². The van der Waals surface area contributed by atoms with E-state index in [1.807, 2.05) is 0 Å². The van der Waals surface area contributed by atoms with E-state index in [1.165, 1.54) is 19.2 Å². The number of hydrogen-bond donors (Lipinski definition) is 3. The van der Waals surface area contributed by atoms with Crippen LogP contribution in [-0.4, -0.2) is 48.1 Å². The van der Waals surface area contributed by atoms with E-state index in [0.717, 1.165) is 21.1 Å². The molecule has 0 aliphatic heterocycles. The number of esters is 1. The Hall–Kier alpha value is -2.82. The van der Waals surface area contributed by atoms with E-state index in [-0.39, 0.29) is 23.2 Å². The Balaban J connectivity index is 2.04. The first-order chi connectivity index (χ1) is 14.5. The number of carbonyl (C=O) groups is 3. The van der Waals surface area contributed by atoms with E-state index in [2.05, 4.69) is 5.32 Å². The highest BCUT2D eigenvalue weighted by Gasteiger charge is 2.32. The average molecular weight is 452 g/mol. The van der Waals surface area contributed by atoms with Crippen molar-refractivity contribution < 1.29 is 28.6 Å². The standard InChI is InChI=1S/C21H26FN3O5S/c1-21(2,20(29)25(3)11-18(26)27)9-14-5-7-17(31-14)19(28)30-16-6-4-13(8-15(16)22)10-24-12-23/h4-8,24H,9-12,23H2,1-3H3,(H,26,27). The molecule has 31 heavy (non-hydrogen) atoms. The van der Waals surface area contributed by atoms with Crippen molar-refractivity contribution in [3.05, 3.63) is 51.5 Å². The molecule has 1 aromatic carbocycles. The summed E-state index contributed by atoms with van der Waals surface area (Å²) in [4.78, 5) is 38.0. The van der Waals surface area contributed by atoms with Gasteiger partial charge in [-0.05, 0) is 36.2 Å². The zero-order valence-corrected chi connectivity index (χ0v) is 18.4. The predicted octanol–water partition coefficient (Wildman–Crippen LogP) is 2.22. The van der Waals surface area contributed by atoms with Gasteiger partial charge >= 0.3 is 11.9 Å². The van der Waals surface area contributed by atoms with Gasteiger partial charge in [-0.3, -0.25) is 9.59 Å². The molecule has 168 valence electrons. The van der Waals surface area contributed by atoms with Crippen molar-refractivity contribution in [2.24, 2.45) is 11.1 Å². The van der Waals surface area contributed by atoms with Crippen LogP contribution in [0.3, 0.4) is 0 Å². The summed E-state index contributed by atoms with van der Waals surface area (Å²) in [5.41, 5.74) is 5.15. The summed E-state index contributed by atoms with van der Waals surface area (Å²) < 4.78 is 19.4. The highest BCUT2D eigenvalue weighted by atomic mass is 32.1. The highest BCUT2D eigenvalue weighted by molar-refractivity contribution is 7.13. The van der Waals surface area contributed by atoms with Gasteiger partial charge in [0.1, 0.15) is 11.4 Å². The molecule has 1 heterocycles. The summed E-state index contributed by atoms with van der Waals surface area (Å²) in [5.74, 6) is -2.95. The first kappa shape index (κ1) is 24.4. The Morgan fingerprint density at radius 3 is 2.58 bits per heavy atom. The summed E-state index contributed by atoms with van der Waals surface area (Å²) in [6.07, 6.45) is 0.310. The lowest BCUT2D eigenvalue weighted by atomic mass is 9.87. The number of rotatable bonds is 10. The van der Waals surface area contributed by atoms with E-state index in [1.54, 1.807) is 32.0 Å². The normalized spacial score (nSPS) is 11.3. The molecule has 0 bridgehead atoms. The lowest BCUT2D eigenvalue weighted by Gasteiger charge is -2.28. The van der Waals surface area contributed by atoms with Gasteiger partial charge in [0.2, 0.25) is 5.91 Å². The molecular weight excluding hydrogens is 425 g/mol. The third-order valence-electron chi connectivity index (χ3n) is 4.45. The number of nitrogens with two attached hydrogens (primary N) is 1. The number of nitrogens with one attached hydrogen (secondary N) is 1. The Labute approximate surface area is 183 Å². The van der Waals surface area contributed by atoms with Crippen LogP contribution >= 0.6 is 11.3 Å². The van der Waals surface area contributed by atoms with Crippen LogP contribution in [0.4, 0.5) is 4.39 Å². The number of nitrogens with zero attached hydrogens (tertiary/aromatic N) is 1. The maximum atomic E-state index is 14.2. The third-order valence-corrected chi connectivity index (χ3v) is 5.51. The van der Waals surface area contributed by atoms with E-state index in [0.29, 0.717) is 18.5 Å². The number of carbonyl (C=O) groups excluding carboxylic acids is 2. The van der Waals surface area contributed by atoms with Gasteiger partial charge in [-0.1, -0.05) is 19.9 Å². The Morgan fingerprint density at radius 1 is 1.26 bits per heavy atom. The van der Waals surface area contributed by atoms with Gasteiger partial charge in [0.25, 0.3) is 0 Å². The minimum Gasteiger partial charge on any atom is -0.480 e. The number of thiophene rings is 1. The zero-order chi connectivity index (χ0) is 23.2. The smallest absolute Gasteiger partial charge is 0.353 e. The zero-order valence-electron chi connectivity index (χ0n) is 17.6. The van der Waals surface area contributed by atoms with Crippen LogP contribution in [0, 0.1) is 11.2 Å². The lowest BCUT2D eigenvalue weighted by Crippen LogP contribution is -2.42. The van der Waals surface area contributed by atoms with Crippen molar-refractivity contribution in [2.75, 3.05) is 20.3 Å². The van der Waals surface area contributed by atoms with Gasteiger partial charge < -0.3 is 25.8 Å². The largest absolute Gasteiger partial charge is 0.480 e. The number of ether oxygens (including phenoxy) is 1. The molecule has 10 heteroatoms. The molecule has 1 aromatic heterocycles. The van der Waals surface area contributed by atoms with Crippen molar-refractivity contribution in [3.8, 4) is 5.75 Å². The molecule has 0 fully saturated rings. The van der Waals surface area contributed by atoms with Crippen molar-refractivity contribution in [3.63, 3.8) is 0 Å². The molecule has 0 saturated carbocycles. The molecule has 8 nitrogen and oxygen atoms in total. The third kappa shape index (κ3) is 6.84. The molecule has 0 aliphatic rings. The second-order valence-corrected chi connectivity index (χ2v) is 8.84. The summed E-state index contributed by atoms with van der Waals surface area (Å²) in [6.45, 7) is 3.68. The lowest BCUT2D eigenvalue weighted by molar-refractivity contribution is -0.147. The fraction of sp³-hybridized carbons (Fsp3) is 0.381. The summed E-state index contributed by atoms with van der Waals surface area (Å²) in [6, 6.07) is 7.55. The maximum absolute atomic E-state index is 14.2. The monoisotopic (exact) mass is 451 g/mol. The number of aliphatic carboxylic acids is 1. The van der Waals surface area contributed by atoms with Crippen LogP contribution in [0.1, 0.15) is 34.0 Å². The van der Waals surface area contributed by atoms with Crippen LogP contribution in [0.25, 0.3) is 0 Å². The van der Waals surface area contributed by atoms with E-state index in [4.69, 9.17) is 15.6 Å². The summed E-state index contributed by atoms with van der Waals surface area (Å²) in [7, 11) is 1.43. The first-order valence-electron chi connectivity index (χ1n) is 9.51. The van der Waals surface area contributed by atoms with Crippen molar-refractivity contribution in [1.82, 2.24) is 10.2 Å². The number of amides is 1. The molecule has 2 rings (SSSR count). The fourth-order valence-corrected chi connectivity index (χ4v) is 4.10. The van der Waals surface area contributed by atoms with Gasteiger partial charge in [0, 0.05) is 30.6 Å². The number of carboxylic acids is 1. The van der Waals surface area contributed by atoms with Crippen molar-refractivity contribution in [1.29, 1.82) is 0 Å². The Bertz CT molecular complexity index is 960. The number of likely N-dealkylation sites (N-methyl/N-ethyl adjacent to an activating group) is 1. The molecular formula is C21H26FN3O5S. The summed E-state index contributed by atoms with van der Waals surface area (Å²) in [5, 5.41) is 11.7. The summed E-state index contributed by atoms with van der Waals surface area (Å²) >= 11 is 1.14. The molecule has 4 N–H and O–H groups in total. The van der Waals surface area contributed by atoms with Gasteiger partial charge in [-0.25, -0.2) is 9.18 Å². The SMILES string of the molecule is CN(CC(=O)O)C(=O)C(C)(C)Cc1ccc(C(=O)Oc2ccc(CNCN)cc2F)s1. The molecule has 1 amide bonds. The quantitative estimate of drug-likeness (QED) is 0.288. The average Bonchev–Trinajstić information content (AvgIpc) is 3.14. The minimum absolute atomic E-state index is 0.178. The number of halogens is 1. The molecule has 0 radical (unpaired) electrons. The molecule has 0 aliphatic carbocycles. The van der Waals surface area contributed by atoms with E-state index in [9.17, 15) is 18.8 Å². The van der Waals surface area contributed by atoms with Crippen LogP contribution in [0.5, 0.6) is 5.75 Å². The number of carboxylic acid groups (broad SMARTS) is 1. The van der Waals surface area contributed by atoms with Crippen LogP contribution < -0.4 is 15.8 Å². The van der Waals surface area contributed by atoms with Gasteiger partial charge in [0.05, 0.1) is 0 Å². The second-order valence-electron chi connectivity index (χ2n) is 7.67. The van der Waals surface area contributed by atoms with E-state index >= 15 is 0 Å². The highest BCUT2D eigenvalue weighted by Crippen LogP contribution is 2.29. The Morgan fingerprint density at radius 2 is 1.97 bits per heavy atom. The molecule has 2 aromatic rings. The molecule has 0 saturated heterocycles. The minimum atomic E-state index is -1.09. The van der Waals surface area contributed by atoms with Gasteiger partial charge in [0.15, 0.2) is 11.6 Å². The van der Waals surface area contributed by atoms with Crippen molar-refractivity contribution in [2.45, 2.75) is 26.8 Å². The number of hydrogen-bond acceptors (Lipinski definition) is 7. The molecule has 0 spiro atoms. The first-order valence-corrected chi connectivity index (χ1v) is 10.3. The van der Waals surface area contributed by atoms with Gasteiger partial charge in [-0.15, -0.1) is 11.3 Å². The van der Waals surface area contributed by atoms with Crippen LogP contribution in [0.2, 0.25) is 0 Å². The Kier molecular flexibility index (Phi) is 8.26. The second kappa shape index (κ2) is 10.5.